The Labute approximate surface area is 92.5 Å². The van der Waals surface area contributed by atoms with Crippen LogP contribution in [0.3, 0.4) is 0 Å². The van der Waals surface area contributed by atoms with Crippen LogP contribution < -0.4 is 4.74 Å². The van der Waals surface area contributed by atoms with E-state index in [0.717, 1.165) is 16.9 Å². The highest BCUT2D eigenvalue weighted by Crippen LogP contribution is 2.27. The normalized spacial score (nSPS) is 10.5. The van der Waals surface area contributed by atoms with E-state index in [2.05, 4.69) is 19.8 Å². The Morgan fingerprint density at radius 1 is 1.33 bits per heavy atom. The highest BCUT2D eigenvalue weighted by Gasteiger charge is 2.11. The van der Waals surface area contributed by atoms with Crippen LogP contribution in [-0.4, -0.2) is 6.10 Å². The summed E-state index contributed by atoms with van der Waals surface area (Å²) in [5, 5.41) is 0. The quantitative estimate of drug-likeness (QED) is 0.681. The number of rotatable bonds is 3. The molecule has 0 fully saturated rings. The highest BCUT2D eigenvalue weighted by atomic mass is 16.5. The molecule has 1 nitrogen and oxygen atoms in total. The van der Waals surface area contributed by atoms with E-state index in [4.69, 9.17) is 11.2 Å². The summed E-state index contributed by atoms with van der Waals surface area (Å²) in [7, 11) is 0. The fourth-order valence-corrected chi connectivity index (χ4v) is 1.45. The third kappa shape index (κ3) is 2.76. The van der Waals surface area contributed by atoms with E-state index in [1.54, 1.807) is 0 Å². The van der Waals surface area contributed by atoms with Crippen molar-refractivity contribution >= 4 is 0 Å². The van der Waals surface area contributed by atoms with Crippen LogP contribution in [0.1, 0.15) is 38.8 Å². The second-order valence-corrected chi connectivity index (χ2v) is 3.99. The molecule has 0 spiro atoms. The number of ether oxygens (including phenoxy) is 1. The average Bonchev–Trinajstić information content (AvgIpc) is 2.16. The van der Waals surface area contributed by atoms with E-state index < -0.39 is 0 Å². The lowest BCUT2D eigenvalue weighted by Crippen LogP contribution is -2.08. The number of terminal acetylenes is 1. The minimum atomic E-state index is 0.143. The van der Waals surface area contributed by atoms with E-state index in [1.165, 1.54) is 5.92 Å². The first-order valence-electron chi connectivity index (χ1n) is 5.13. The van der Waals surface area contributed by atoms with Crippen molar-refractivity contribution in [3.05, 3.63) is 35.2 Å². The van der Waals surface area contributed by atoms with Gasteiger partial charge in [-0.05, 0) is 25.5 Å². The van der Waals surface area contributed by atoms with Gasteiger partial charge < -0.3 is 4.74 Å². The fraction of sp³-hybridized carbons (Fsp3) is 0.357. The zero-order valence-electron chi connectivity index (χ0n) is 9.79. The molecule has 1 rings (SSSR count). The van der Waals surface area contributed by atoms with Gasteiger partial charge in [-0.2, -0.15) is 0 Å². The first-order valence-corrected chi connectivity index (χ1v) is 5.13. The Kier molecular flexibility index (Phi) is 3.80. The Balaban J connectivity index is 3.18. The van der Waals surface area contributed by atoms with E-state index in [1.807, 2.05) is 32.0 Å². The highest BCUT2D eigenvalue weighted by molar-refractivity contribution is 5.54. The van der Waals surface area contributed by atoms with Crippen molar-refractivity contribution in [2.24, 2.45) is 0 Å². The van der Waals surface area contributed by atoms with Crippen molar-refractivity contribution in [3.8, 4) is 18.1 Å². The minimum absolute atomic E-state index is 0.143. The molecule has 0 atom stereocenters. The van der Waals surface area contributed by atoms with Gasteiger partial charge in [0.25, 0.3) is 0 Å². The van der Waals surface area contributed by atoms with Gasteiger partial charge in [0.1, 0.15) is 5.75 Å². The number of hydrogen-bond acceptors (Lipinski definition) is 1. The van der Waals surface area contributed by atoms with Gasteiger partial charge in [0.15, 0.2) is 0 Å². The summed E-state index contributed by atoms with van der Waals surface area (Å²) in [5.41, 5.74) is 1.95. The monoisotopic (exact) mass is 201 g/mol. The average molecular weight is 201 g/mol. The van der Waals surface area contributed by atoms with Gasteiger partial charge in [0.2, 0.25) is 0 Å². The van der Waals surface area contributed by atoms with Gasteiger partial charge in [-0.15, -0.1) is 6.42 Å². The molecule has 0 bridgehead atoms. The molecular formula is C14H17O. The second kappa shape index (κ2) is 4.89. The second-order valence-electron chi connectivity index (χ2n) is 3.99. The van der Waals surface area contributed by atoms with Crippen LogP contribution in [0, 0.1) is 18.3 Å². The molecule has 1 aromatic rings. The maximum absolute atomic E-state index is 5.67. The largest absolute Gasteiger partial charge is 0.490 e. The van der Waals surface area contributed by atoms with Crippen LogP contribution in [0.4, 0.5) is 0 Å². The smallest absolute Gasteiger partial charge is 0.135 e. The Morgan fingerprint density at radius 3 is 2.47 bits per heavy atom. The van der Waals surface area contributed by atoms with Crippen LogP contribution in [0.2, 0.25) is 0 Å². The van der Waals surface area contributed by atoms with Crippen LogP contribution in [0.15, 0.2) is 18.2 Å². The summed E-state index contributed by atoms with van der Waals surface area (Å²) in [6.07, 6.45) is 5.66. The van der Waals surface area contributed by atoms with E-state index >= 15 is 0 Å². The van der Waals surface area contributed by atoms with Crippen molar-refractivity contribution in [1.29, 1.82) is 0 Å². The zero-order chi connectivity index (χ0) is 11.4. The Bertz CT molecular complexity index is 369. The third-order valence-electron chi connectivity index (χ3n) is 2.07. The topological polar surface area (TPSA) is 9.23 Å². The predicted octanol–water partition coefficient (Wildman–Crippen LogP) is 3.42. The maximum Gasteiger partial charge on any atom is 0.135 e. The summed E-state index contributed by atoms with van der Waals surface area (Å²) in [6.45, 7) is 8.09. The van der Waals surface area contributed by atoms with Gasteiger partial charge in [-0.3, -0.25) is 0 Å². The Morgan fingerprint density at radius 2 is 2.00 bits per heavy atom. The summed E-state index contributed by atoms with van der Waals surface area (Å²) in [5.74, 6) is 4.71. The Hall–Kier alpha value is -1.42. The van der Waals surface area contributed by atoms with Gasteiger partial charge in [0.05, 0.1) is 11.7 Å². The summed E-state index contributed by atoms with van der Waals surface area (Å²) in [4.78, 5) is 0. The molecule has 0 unspecified atom stereocenters. The fourth-order valence-electron chi connectivity index (χ4n) is 1.45. The minimum Gasteiger partial charge on any atom is -0.490 e. The van der Waals surface area contributed by atoms with Gasteiger partial charge in [-0.25, -0.2) is 0 Å². The summed E-state index contributed by atoms with van der Waals surface area (Å²) < 4.78 is 5.67. The number of hydrogen-bond donors (Lipinski definition) is 0. The van der Waals surface area contributed by atoms with Crippen molar-refractivity contribution in [1.82, 2.24) is 0 Å². The zero-order valence-corrected chi connectivity index (χ0v) is 9.79. The van der Waals surface area contributed by atoms with E-state index in [0.29, 0.717) is 0 Å². The molecule has 0 aliphatic rings. The molecule has 0 N–H and O–H groups in total. The van der Waals surface area contributed by atoms with Crippen molar-refractivity contribution in [3.63, 3.8) is 0 Å². The van der Waals surface area contributed by atoms with E-state index in [9.17, 15) is 0 Å². The van der Waals surface area contributed by atoms with Gasteiger partial charge in [0, 0.05) is 5.92 Å². The van der Waals surface area contributed by atoms with Crippen LogP contribution in [0.5, 0.6) is 5.75 Å². The van der Waals surface area contributed by atoms with Crippen molar-refractivity contribution < 1.29 is 4.74 Å². The van der Waals surface area contributed by atoms with Crippen molar-refractivity contribution in [2.45, 2.75) is 33.8 Å². The molecular weight excluding hydrogens is 184 g/mol. The summed E-state index contributed by atoms with van der Waals surface area (Å²) in [6, 6.07) is 5.92. The van der Waals surface area contributed by atoms with Crippen molar-refractivity contribution in [2.75, 3.05) is 0 Å². The SMILES string of the molecule is C#Cc1c(OC(C)C)cccc1[C](C)C. The molecule has 1 aromatic carbocycles. The van der Waals surface area contributed by atoms with Crippen LogP contribution in [-0.2, 0) is 0 Å². The molecule has 0 saturated heterocycles. The molecule has 0 heterocycles. The lowest BCUT2D eigenvalue weighted by Gasteiger charge is -2.15. The molecule has 79 valence electrons. The third-order valence-corrected chi connectivity index (χ3v) is 2.07. The molecule has 0 aromatic heterocycles. The standard InChI is InChI=1S/C14H17O/c1-6-12-13(10(2)3)8-7-9-14(12)15-11(4)5/h1,7-9,11H,2-5H3. The molecule has 0 amide bonds. The molecule has 0 aliphatic heterocycles. The predicted molar refractivity (Wildman–Crippen MR) is 63.8 cm³/mol. The molecule has 1 heteroatoms. The van der Waals surface area contributed by atoms with Gasteiger partial charge in [-0.1, -0.05) is 31.9 Å². The van der Waals surface area contributed by atoms with E-state index in [-0.39, 0.29) is 6.10 Å². The first-order chi connectivity index (χ1) is 7.06. The first kappa shape index (κ1) is 11.7. The molecule has 15 heavy (non-hydrogen) atoms. The maximum atomic E-state index is 5.67. The van der Waals surface area contributed by atoms with Crippen LogP contribution in [0.25, 0.3) is 0 Å². The van der Waals surface area contributed by atoms with Crippen LogP contribution >= 0.6 is 0 Å². The summed E-state index contributed by atoms with van der Waals surface area (Å²) >= 11 is 0. The lowest BCUT2D eigenvalue weighted by atomic mass is 9.97. The molecule has 0 saturated carbocycles. The molecule has 1 radical (unpaired) electrons. The lowest BCUT2D eigenvalue weighted by molar-refractivity contribution is 0.241. The number of benzene rings is 1. The van der Waals surface area contributed by atoms with Gasteiger partial charge >= 0.3 is 0 Å². The molecule has 0 aliphatic carbocycles.